The summed E-state index contributed by atoms with van der Waals surface area (Å²) in [7, 11) is 0. The Bertz CT molecular complexity index is 853. The molecule has 0 aliphatic carbocycles. The largest absolute Gasteiger partial charge is 0.373 e. The molecule has 1 heterocycles. The Balaban J connectivity index is 1.50. The molecular formula is C25H32N2O3. The molecule has 1 amide bonds. The van der Waals surface area contributed by atoms with E-state index in [1.54, 1.807) is 0 Å². The van der Waals surface area contributed by atoms with Crippen LogP contribution in [0, 0.1) is 6.92 Å². The molecule has 1 saturated heterocycles. The van der Waals surface area contributed by atoms with Gasteiger partial charge in [0.05, 0.1) is 12.2 Å². The van der Waals surface area contributed by atoms with E-state index in [2.05, 4.69) is 36.2 Å². The van der Waals surface area contributed by atoms with E-state index in [1.807, 2.05) is 43.3 Å². The first-order valence-corrected chi connectivity index (χ1v) is 10.7. The first-order chi connectivity index (χ1) is 14.4. The third kappa shape index (κ3) is 6.51. The van der Waals surface area contributed by atoms with E-state index in [9.17, 15) is 9.59 Å². The average Bonchev–Trinajstić information content (AvgIpc) is 2.71. The molecule has 1 fully saturated rings. The number of benzene rings is 2. The lowest BCUT2D eigenvalue weighted by molar-refractivity contribution is -0.121. The Hall–Kier alpha value is -2.50. The molecule has 0 bridgehead atoms. The van der Waals surface area contributed by atoms with Crippen molar-refractivity contribution in [2.24, 2.45) is 0 Å². The predicted molar refractivity (Wildman–Crippen MR) is 118 cm³/mol. The summed E-state index contributed by atoms with van der Waals surface area (Å²) in [6.45, 7) is 9.33. The Kier molecular flexibility index (Phi) is 7.77. The number of ether oxygens (including phenoxy) is 1. The maximum Gasteiger partial charge on any atom is 0.220 e. The number of morpholine rings is 1. The summed E-state index contributed by atoms with van der Waals surface area (Å²) in [4.78, 5) is 27.0. The maximum absolute atomic E-state index is 12.3. The minimum absolute atomic E-state index is 0.00103. The summed E-state index contributed by atoms with van der Waals surface area (Å²) >= 11 is 0. The number of ketones is 1. The molecule has 3 rings (SSSR count). The van der Waals surface area contributed by atoms with Crippen molar-refractivity contribution in [2.45, 2.75) is 58.9 Å². The normalized spacial score (nSPS) is 19.4. The van der Waals surface area contributed by atoms with Gasteiger partial charge in [-0.1, -0.05) is 54.1 Å². The Labute approximate surface area is 179 Å². The molecule has 5 nitrogen and oxygen atoms in total. The van der Waals surface area contributed by atoms with Gasteiger partial charge < -0.3 is 10.1 Å². The van der Waals surface area contributed by atoms with Crippen molar-refractivity contribution in [3.05, 3.63) is 70.8 Å². The van der Waals surface area contributed by atoms with Crippen LogP contribution in [-0.2, 0) is 22.6 Å². The molecule has 0 saturated carbocycles. The van der Waals surface area contributed by atoms with E-state index in [1.165, 1.54) is 5.56 Å². The highest BCUT2D eigenvalue weighted by Crippen LogP contribution is 2.17. The van der Waals surface area contributed by atoms with Crippen molar-refractivity contribution < 1.29 is 14.3 Å². The fourth-order valence-electron chi connectivity index (χ4n) is 3.93. The van der Waals surface area contributed by atoms with Crippen molar-refractivity contribution in [3.8, 4) is 0 Å². The number of amides is 1. The van der Waals surface area contributed by atoms with Crippen LogP contribution in [0.25, 0.3) is 0 Å². The van der Waals surface area contributed by atoms with Crippen LogP contribution >= 0.6 is 0 Å². The SMILES string of the molecule is Cc1ccc(C(=O)CCC(=O)NCc2ccccc2CN2CC(C)OC(C)C2)cc1. The van der Waals surface area contributed by atoms with E-state index >= 15 is 0 Å². The van der Waals surface area contributed by atoms with Crippen molar-refractivity contribution >= 4 is 11.7 Å². The molecule has 0 aromatic heterocycles. The number of rotatable bonds is 8. The summed E-state index contributed by atoms with van der Waals surface area (Å²) in [5.41, 5.74) is 4.11. The van der Waals surface area contributed by atoms with Gasteiger partial charge in [-0.05, 0) is 31.9 Å². The molecule has 2 unspecified atom stereocenters. The Morgan fingerprint density at radius 1 is 0.967 bits per heavy atom. The molecule has 1 aliphatic heterocycles. The van der Waals surface area contributed by atoms with E-state index in [4.69, 9.17) is 4.74 Å². The number of aryl methyl sites for hydroxylation is 1. The third-order valence-electron chi connectivity index (χ3n) is 5.44. The van der Waals surface area contributed by atoms with Gasteiger partial charge in [0.2, 0.25) is 5.91 Å². The molecule has 0 spiro atoms. The topological polar surface area (TPSA) is 58.6 Å². The number of hydrogen-bond donors (Lipinski definition) is 1. The van der Waals surface area contributed by atoms with Gasteiger partial charge in [-0.3, -0.25) is 14.5 Å². The van der Waals surface area contributed by atoms with Crippen LogP contribution < -0.4 is 5.32 Å². The number of Topliss-reactive ketones (excluding diaryl/α,β-unsaturated/α-hetero) is 1. The smallest absolute Gasteiger partial charge is 0.220 e. The lowest BCUT2D eigenvalue weighted by Crippen LogP contribution is -2.45. The minimum Gasteiger partial charge on any atom is -0.373 e. The zero-order chi connectivity index (χ0) is 21.5. The molecule has 2 atom stereocenters. The van der Waals surface area contributed by atoms with Crippen molar-refractivity contribution in [1.29, 1.82) is 0 Å². The molecule has 1 aliphatic rings. The van der Waals surface area contributed by atoms with Gasteiger partial charge in [-0.25, -0.2) is 0 Å². The summed E-state index contributed by atoms with van der Waals surface area (Å²) in [6, 6.07) is 15.7. The average molecular weight is 409 g/mol. The van der Waals surface area contributed by atoms with Gasteiger partial charge in [-0.15, -0.1) is 0 Å². The predicted octanol–water partition coefficient (Wildman–Crippen LogP) is 3.88. The summed E-state index contributed by atoms with van der Waals surface area (Å²) in [6.07, 6.45) is 0.881. The highest BCUT2D eigenvalue weighted by Gasteiger charge is 2.22. The quantitative estimate of drug-likeness (QED) is 0.674. The molecule has 160 valence electrons. The minimum atomic E-state index is -0.0983. The van der Waals surface area contributed by atoms with Gasteiger partial charge in [0.1, 0.15) is 0 Å². The van der Waals surface area contributed by atoms with E-state index in [0.29, 0.717) is 12.1 Å². The first kappa shape index (κ1) is 22.2. The van der Waals surface area contributed by atoms with Crippen molar-refractivity contribution in [2.75, 3.05) is 13.1 Å². The second-order valence-corrected chi connectivity index (χ2v) is 8.29. The van der Waals surface area contributed by atoms with Crippen molar-refractivity contribution in [3.63, 3.8) is 0 Å². The highest BCUT2D eigenvalue weighted by molar-refractivity contribution is 5.97. The van der Waals surface area contributed by atoms with Crippen LogP contribution in [0.5, 0.6) is 0 Å². The molecular weight excluding hydrogens is 376 g/mol. The van der Waals surface area contributed by atoms with E-state index in [-0.39, 0.29) is 36.7 Å². The van der Waals surface area contributed by atoms with Crippen LogP contribution in [0.15, 0.2) is 48.5 Å². The fourth-order valence-corrected chi connectivity index (χ4v) is 3.93. The van der Waals surface area contributed by atoms with Crippen LogP contribution in [0.2, 0.25) is 0 Å². The lowest BCUT2D eigenvalue weighted by Gasteiger charge is -2.35. The van der Waals surface area contributed by atoms with Gasteiger partial charge in [0, 0.05) is 44.6 Å². The monoisotopic (exact) mass is 408 g/mol. The Morgan fingerprint density at radius 3 is 2.27 bits per heavy atom. The second-order valence-electron chi connectivity index (χ2n) is 8.29. The van der Waals surface area contributed by atoms with Crippen LogP contribution in [0.4, 0.5) is 0 Å². The zero-order valence-corrected chi connectivity index (χ0v) is 18.2. The van der Waals surface area contributed by atoms with Crippen LogP contribution in [0.3, 0.4) is 0 Å². The number of carbonyl (C=O) groups is 2. The number of nitrogens with zero attached hydrogens (tertiary/aromatic N) is 1. The van der Waals surface area contributed by atoms with Crippen molar-refractivity contribution in [1.82, 2.24) is 10.2 Å². The van der Waals surface area contributed by atoms with Crippen LogP contribution in [-0.4, -0.2) is 41.9 Å². The number of hydrogen-bond acceptors (Lipinski definition) is 4. The Morgan fingerprint density at radius 2 is 1.60 bits per heavy atom. The fraction of sp³-hybridized carbons (Fsp3) is 0.440. The van der Waals surface area contributed by atoms with Gasteiger partial charge >= 0.3 is 0 Å². The molecule has 5 heteroatoms. The summed E-state index contributed by atoms with van der Waals surface area (Å²) < 4.78 is 5.82. The molecule has 0 radical (unpaired) electrons. The zero-order valence-electron chi connectivity index (χ0n) is 18.2. The van der Waals surface area contributed by atoms with Crippen LogP contribution in [0.1, 0.15) is 53.7 Å². The number of carbonyl (C=O) groups excluding carboxylic acids is 2. The van der Waals surface area contributed by atoms with Gasteiger partial charge in [0.25, 0.3) is 0 Å². The summed E-state index contributed by atoms with van der Waals surface area (Å²) in [5, 5.41) is 2.98. The summed E-state index contributed by atoms with van der Waals surface area (Å²) in [5.74, 6) is -0.0972. The van der Waals surface area contributed by atoms with Gasteiger partial charge in [0.15, 0.2) is 5.78 Å². The highest BCUT2D eigenvalue weighted by atomic mass is 16.5. The van der Waals surface area contributed by atoms with E-state index in [0.717, 1.165) is 30.8 Å². The van der Waals surface area contributed by atoms with Gasteiger partial charge in [-0.2, -0.15) is 0 Å². The lowest BCUT2D eigenvalue weighted by atomic mass is 10.0. The standard InChI is InChI=1S/C25H32N2O3/c1-18-8-10-21(11-9-18)24(28)12-13-25(29)26-14-22-6-4-5-7-23(22)17-27-15-19(2)30-20(3)16-27/h4-11,19-20H,12-17H2,1-3H3,(H,26,29). The number of nitrogens with one attached hydrogen (secondary N) is 1. The van der Waals surface area contributed by atoms with E-state index < -0.39 is 0 Å². The first-order valence-electron chi connectivity index (χ1n) is 10.7. The molecule has 1 N–H and O–H groups in total. The maximum atomic E-state index is 12.3. The second kappa shape index (κ2) is 10.5. The molecule has 30 heavy (non-hydrogen) atoms. The third-order valence-corrected chi connectivity index (χ3v) is 5.44. The molecule has 2 aromatic carbocycles. The molecule has 2 aromatic rings.